The maximum atomic E-state index is 10.9. The summed E-state index contributed by atoms with van der Waals surface area (Å²) in [6.07, 6.45) is 9.27. The van der Waals surface area contributed by atoms with Gasteiger partial charge in [-0.1, -0.05) is 43.4 Å². The molecule has 33 heavy (non-hydrogen) atoms. The molecule has 0 bridgehead atoms. The van der Waals surface area contributed by atoms with Crippen LogP contribution in [0.2, 0.25) is 0 Å². The van der Waals surface area contributed by atoms with Crippen molar-refractivity contribution in [2.24, 2.45) is 5.73 Å². The summed E-state index contributed by atoms with van der Waals surface area (Å²) in [6.45, 7) is 2.49. The SMILES string of the molecule is C1CCCC1.NC(=O)c1ccc(OCCNCC(O)COc2nccs2)cc1.O=C1CCN1. The molecule has 5 N–H and O–H groups in total. The largest absolute Gasteiger partial charge is 0.492 e. The molecule has 182 valence electrons. The summed E-state index contributed by atoms with van der Waals surface area (Å²) >= 11 is 1.38. The number of aliphatic hydroxyl groups is 1. The number of ether oxygens (including phenoxy) is 2. The molecule has 2 fully saturated rings. The zero-order chi connectivity index (χ0) is 23.7. The summed E-state index contributed by atoms with van der Waals surface area (Å²) < 4.78 is 10.8. The van der Waals surface area contributed by atoms with E-state index < -0.39 is 12.0 Å². The minimum atomic E-state index is -0.617. The molecule has 2 aromatic rings. The Bertz CT molecular complexity index is 784. The number of amides is 2. The first-order valence-corrected chi connectivity index (χ1v) is 12.1. The highest BCUT2D eigenvalue weighted by Gasteiger charge is 2.07. The normalized spacial score (nSPS) is 15.0. The van der Waals surface area contributed by atoms with Crippen molar-refractivity contribution in [1.82, 2.24) is 15.6 Å². The molecule has 1 aliphatic carbocycles. The van der Waals surface area contributed by atoms with Gasteiger partial charge in [0.2, 0.25) is 11.8 Å². The van der Waals surface area contributed by atoms with Crippen molar-refractivity contribution >= 4 is 23.2 Å². The number of hydrogen-bond donors (Lipinski definition) is 4. The molecule has 1 saturated carbocycles. The molecule has 2 heterocycles. The zero-order valence-electron chi connectivity index (χ0n) is 18.8. The summed E-state index contributed by atoms with van der Waals surface area (Å²) in [4.78, 5) is 24.7. The summed E-state index contributed by atoms with van der Waals surface area (Å²) in [5.74, 6) is 0.377. The number of nitrogens with two attached hydrogens (primary N) is 1. The predicted octanol–water partition coefficient (Wildman–Crippen LogP) is 2.11. The third-order valence-electron chi connectivity index (χ3n) is 4.80. The molecule has 4 rings (SSSR count). The Hall–Kier alpha value is -2.69. The quantitative estimate of drug-likeness (QED) is 0.303. The highest BCUT2D eigenvalue weighted by molar-refractivity contribution is 7.11. The summed E-state index contributed by atoms with van der Waals surface area (Å²) in [5, 5.41) is 17.8. The van der Waals surface area contributed by atoms with Crippen LogP contribution in [0.5, 0.6) is 10.9 Å². The molecule has 0 spiro atoms. The number of thiazole rings is 1. The fourth-order valence-corrected chi connectivity index (χ4v) is 3.34. The minimum Gasteiger partial charge on any atom is -0.492 e. The van der Waals surface area contributed by atoms with Crippen LogP contribution in [0.1, 0.15) is 48.9 Å². The van der Waals surface area contributed by atoms with Crippen molar-refractivity contribution in [2.75, 3.05) is 32.8 Å². The van der Waals surface area contributed by atoms with Gasteiger partial charge in [-0.05, 0) is 24.3 Å². The van der Waals surface area contributed by atoms with E-state index in [1.165, 1.54) is 43.4 Å². The lowest BCUT2D eigenvalue weighted by molar-refractivity contribution is -0.125. The lowest BCUT2D eigenvalue weighted by Gasteiger charge is -2.12. The van der Waals surface area contributed by atoms with Crippen LogP contribution in [0.25, 0.3) is 0 Å². The Kier molecular flexibility index (Phi) is 12.9. The van der Waals surface area contributed by atoms with Gasteiger partial charge in [0.15, 0.2) is 0 Å². The molecule has 1 aliphatic heterocycles. The van der Waals surface area contributed by atoms with E-state index in [2.05, 4.69) is 15.6 Å². The molecule has 1 aromatic heterocycles. The molecular weight excluding hydrogens is 444 g/mol. The van der Waals surface area contributed by atoms with E-state index in [-0.39, 0.29) is 12.5 Å². The van der Waals surface area contributed by atoms with E-state index in [1.54, 1.807) is 30.5 Å². The maximum Gasteiger partial charge on any atom is 0.273 e. The third kappa shape index (κ3) is 12.2. The number of benzene rings is 1. The average Bonchev–Trinajstić information content (AvgIpc) is 3.54. The first kappa shape index (κ1) is 26.6. The summed E-state index contributed by atoms with van der Waals surface area (Å²) in [6, 6.07) is 6.61. The highest BCUT2D eigenvalue weighted by atomic mass is 32.1. The van der Waals surface area contributed by atoms with Crippen LogP contribution in [-0.4, -0.2) is 60.9 Å². The van der Waals surface area contributed by atoms with E-state index in [0.29, 0.717) is 36.2 Å². The Morgan fingerprint density at radius 1 is 1.18 bits per heavy atom. The number of primary amides is 1. The molecule has 2 amide bonds. The van der Waals surface area contributed by atoms with E-state index in [0.717, 1.165) is 13.0 Å². The van der Waals surface area contributed by atoms with E-state index in [4.69, 9.17) is 15.2 Å². The predicted molar refractivity (Wildman–Crippen MR) is 128 cm³/mol. The van der Waals surface area contributed by atoms with Gasteiger partial charge in [0.25, 0.3) is 5.19 Å². The number of aromatic nitrogens is 1. The van der Waals surface area contributed by atoms with Crippen molar-refractivity contribution < 1.29 is 24.2 Å². The van der Waals surface area contributed by atoms with Gasteiger partial charge in [-0.25, -0.2) is 4.98 Å². The van der Waals surface area contributed by atoms with Crippen LogP contribution in [-0.2, 0) is 4.79 Å². The van der Waals surface area contributed by atoms with Crippen LogP contribution < -0.4 is 25.8 Å². The van der Waals surface area contributed by atoms with Crippen LogP contribution in [0.15, 0.2) is 35.8 Å². The van der Waals surface area contributed by atoms with Gasteiger partial charge < -0.3 is 30.9 Å². The Morgan fingerprint density at radius 2 is 1.82 bits per heavy atom. The number of nitrogens with one attached hydrogen (secondary N) is 2. The van der Waals surface area contributed by atoms with Crippen molar-refractivity contribution in [3.63, 3.8) is 0 Å². The van der Waals surface area contributed by atoms with Gasteiger partial charge in [0.1, 0.15) is 25.1 Å². The molecule has 1 saturated heterocycles. The number of hydrogen-bond acceptors (Lipinski definition) is 8. The maximum absolute atomic E-state index is 10.9. The van der Waals surface area contributed by atoms with E-state index >= 15 is 0 Å². The van der Waals surface area contributed by atoms with Crippen molar-refractivity contribution in [3.05, 3.63) is 41.4 Å². The van der Waals surface area contributed by atoms with Gasteiger partial charge in [-0.2, -0.15) is 0 Å². The number of carbonyl (C=O) groups excluding carboxylic acids is 2. The summed E-state index contributed by atoms with van der Waals surface area (Å²) in [7, 11) is 0. The second kappa shape index (κ2) is 16.0. The van der Waals surface area contributed by atoms with Crippen LogP contribution in [0, 0.1) is 0 Å². The van der Waals surface area contributed by atoms with Gasteiger partial charge in [0, 0.05) is 43.2 Å². The van der Waals surface area contributed by atoms with Crippen molar-refractivity contribution in [1.29, 1.82) is 0 Å². The lowest BCUT2D eigenvalue weighted by Crippen LogP contribution is -2.37. The minimum absolute atomic E-state index is 0.185. The topological polar surface area (TPSA) is 136 Å². The third-order valence-corrected chi connectivity index (χ3v) is 5.48. The molecule has 10 heteroatoms. The summed E-state index contributed by atoms with van der Waals surface area (Å²) in [5.41, 5.74) is 5.60. The van der Waals surface area contributed by atoms with Gasteiger partial charge in [-0.3, -0.25) is 9.59 Å². The van der Waals surface area contributed by atoms with Crippen LogP contribution in [0.3, 0.4) is 0 Å². The van der Waals surface area contributed by atoms with Gasteiger partial charge >= 0.3 is 0 Å². The molecule has 9 nitrogen and oxygen atoms in total. The molecule has 2 aliphatic rings. The first-order chi connectivity index (χ1) is 16.0. The number of nitrogens with zero attached hydrogens (tertiary/aromatic N) is 1. The second-order valence-electron chi connectivity index (χ2n) is 7.57. The average molecular weight is 479 g/mol. The van der Waals surface area contributed by atoms with Crippen molar-refractivity contribution in [2.45, 2.75) is 44.6 Å². The first-order valence-electron chi connectivity index (χ1n) is 11.2. The molecule has 1 atom stereocenters. The van der Waals surface area contributed by atoms with E-state index in [1.807, 2.05) is 5.38 Å². The highest BCUT2D eigenvalue weighted by Crippen LogP contribution is 2.15. The number of carbonyl (C=O) groups is 2. The monoisotopic (exact) mass is 478 g/mol. The Balaban J connectivity index is 0.000000312. The fourth-order valence-electron chi connectivity index (χ4n) is 2.84. The standard InChI is InChI=1S/C15H19N3O4S.C5H10.C3H5NO/c16-14(20)11-1-3-13(4-2-11)21-7-5-17-9-12(19)10-22-15-18-6-8-23-15;1-2-4-5-3-1;5-3-1-2-4-3/h1-4,6,8,12,17,19H,5,7,9-10H2,(H2,16,20);1-5H2;1-2H2,(H,4,5). The Labute approximate surface area is 198 Å². The van der Waals surface area contributed by atoms with Crippen LogP contribution in [0.4, 0.5) is 0 Å². The lowest BCUT2D eigenvalue weighted by atomic mass is 10.2. The van der Waals surface area contributed by atoms with Crippen LogP contribution >= 0.6 is 11.3 Å². The smallest absolute Gasteiger partial charge is 0.273 e. The Morgan fingerprint density at radius 3 is 2.30 bits per heavy atom. The molecule has 0 radical (unpaired) electrons. The number of rotatable bonds is 10. The van der Waals surface area contributed by atoms with Gasteiger partial charge in [0.05, 0.1) is 0 Å². The number of β-lactam (4-membered cyclic amide) rings is 1. The molecule has 1 unspecified atom stereocenters. The van der Waals surface area contributed by atoms with Gasteiger partial charge in [-0.15, -0.1) is 0 Å². The second-order valence-corrected chi connectivity index (χ2v) is 8.43. The zero-order valence-corrected chi connectivity index (χ0v) is 19.6. The fraction of sp³-hybridized carbons (Fsp3) is 0.522. The van der Waals surface area contributed by atoms with Crippen molar-refractivity contribution in [3.8, 4) is 10.9 Å². The molecular formula is C23H34N4O5S. The molecule has 1 aromatic carbocycles. The van der Waals surface area contributed by atoms with E-state index in [9.17, 15) is 14.7 Å². The number of aliphatic hydroxyl groups excluding tert-OH is 1.